The van der Waals surface area contributed by atoms with Crippen LogP contribution in [0.4, 0.5) is 0 Å². The van der Waals surface area contributed by atoms with E-state index in [1.807, 2.05) is 19.3 Å². The minimum Gasteiger partial charge on any atom is -0.274 e. The van der Waals surface area contributed by atoms with Crippen LogP contribution in [0.25, 0.3) is 5.82 Å². The van der Waals surface area contributed by atoms with Crippen molar-refractivity contribution in [2.75, 3.05) is 0 Å². The summed E-state index contributed by atoms with van der Waals surface area (Å²) in [5, 5.41) is 11.9. The lowest BCUT2D eigenvalue weighted by atomic mass is 10.5. The maximum absolute atomic E-state index is 5.59. The number of nitrogens with zero attached hydrogens (tertiary/aromatic N) is 5. The molecule has 0 aliphatic carbocycles. The van der Waals surface area contributed by atoms with E-state index in [0.717, 1.165) is 11.5 Å². The summed E-state index contributed by atoms with van der Waals surface area (Å²) in [5.74, 6) is 1.11. The van der Waals surface area contributed by atoms with Gasteiger partial charge in [-0.2, -0.15) is 5.10 Å². The first-order valence-electron chi connectivity index (χ1n) is 3.77. The Bertz CT molecular complexity index is 404. The number of rotatable bonds is 2. The molecule has 0 atom stereocenters. The highest BCUT2D eigenvalue weighted by molar-refractivity contribution is 6.16. The molecule has 2 heterocycles. The molecule has 2 aromatic heterocycles. The number of hydrogen-bond donors (Lipinski definition) is 0. The Morgan fingerprint density at radius 1 is 1.54 bits per heavy atom. The highest BCUT2D eigenvalue weighted by atomic mass is 35.5. The third-order valence-electron chi connectivity index (χ3n) is 1.61. The molecular formula is C7H8ClN5. The molecule has 0 aliphatic heterocycles. The van der Waals surface area contributed by atoms with Crippen LogP contribution in [0.1, 0.15) is 5.69 Å². The first kappa shape index (κ1) is 8.25. The monoisotopic (exact) mass is 197 g/mol. The predicted molar refractivity (Wildman–Crippen MR) is 47.7 cm³/mol. The lowest BCUT2D eigenvalue weighted by Crippen LogP contribution is -1.97. The third kappa shape index (κ3) is 1.55. The normalized spacial score (nSPS) is 10.6. The molecule has 68 valence electrons. The van der Waals surface area contributed by atoms with Gasteiger partial charge >= 0.3 is 0 Å². The summed E-state index contributed by atoms with van der Waals surface area (Å²) in [6.07, 6.45) is 3.60. The molecule has 2 rings (SSSR count). The van der Waals surface area contributed by atoms with Crippen molar-refractivity contribution in [1.82, 2.24) is 24.8 Å². The number of halogens is 1. The second-order valence-corrected chi connectivity index (χ2v) is 2.90. The van der Waals surface area contributed by atoms with Gasteiger partial charge in [-0.25, -0.2) is 4.68 Å². The molecule has 0 fully saturated rings. The van der Waals surface area contributed by atoms with Crippen LogP contribution < -0.4 is 0 Å². The zero-order chi connectivity index (χ0) is 9.26. The molecule has 0 unspecified atom stereocenters. The van der Waals surface area contributed by atoms with Crippen molar-refractivity contribution in [3.63, 3.8) is 0 Å². The fraction of sp³-hybridized carbons (Fsp3) is 0.286. The SMILES string of the molecule is Cn1ccc(-n2cc(CCl)nn2)n1. The van der Waals surface area contributed by atoms with Crippen LogP contribution in [0.5, 0.6) is 0 Å². The molecule has 0 aliphatic rings. The predicted octanol–water partition coefficient (Wildman–Crippen LogP) is 0.740. The summed E-state index contributed by atoms with van der Waals surface area (Å²) in [7, 11) is 1.85. The smallest absolute Gasteiger partial charge is 0.176 e. The van der Waals surface area contributed by atoms with Crippen LogP contribution in [0.3, 0.4) is 0 Å². The van der Waals surface area contributed by atoms with E-state index in [1.165, 1.54) is 0 Å². The molecule has 0 radical (unpaired) electrons. The minimum absolute atomic E-state index is 0.368. The fourth-order valence-corrected chi connectivity index (χ4v) is 1.12. The van der Waals surface area contributed by atoms with Crippen LogP contribution in [0.15, 0.2) is 18.5 Å². The van der Waals surface area contributed by atoms with E-state index in [9.17, 15) is 0 Å². The van der Waals surface area contributed by atoms with Gasteiger partial charge in [-0.05, 0) is 0 Å². The van der Waals surface area contributed by atoms with Crippen molar-refractivity contribution in [3.05, 3.63) is 24.2 Å². The highest BCUT2D eigenvalue weighted by Gasteiger charge is 2.03. The minimum atomic E-state index is 0.368. The number of hydrogen-bond acceptors (Lipinski definition) is 3. The molecule has 0 N–H and O–H groups in total. The van der Waals surface area contributed by atoms with Crippen LogP contribution in [0, 0.1) is 0 Å². The molecule has 0 saturated carbocycles. The van der Waals surface area contributed by atoms with Gasteiger partial charge in [-0.1, -0.05) is 5.21 Å². The molecule has 13 heavy (non-hydrogen) atoms. The Kier molecular flexibility index (Phi) is 2.02. The van der Waals surface area contributed by atoms with Gasteiger partial charge in [0.15, 0.2) is 5.82 Å². The Morgan fingerprint density at radius 3 is 2.92 bits per heavy atom. The van der Waals surface area contributed by atoms with Gasteiger partial charge in [0.05, 0.1) is 17.8 Å². The molecule has 5 nitrogen and oxygen atoms in total. The van der Waals surface area contributed by atoms with Crippen molar-refractivity contribution in [2.24, 2.45) is 7.05 Å². The number of aryl methyl sites for hydroxylation is 1. The van der Waals surface area contributed by atoms with Crippen LogP contribution >= 0.6 is 11.6 Å². The summed E-state index contributed by atoms with van der Waals surface area (Å²) in [6, 6.07) is 1.85. The second-order valence-electron chi connectivity index (χ2n) is 2.64. The molecule has 0 amide bonds. The average molecular weight is 198 g/mol. The van der Waals surface area contributed by atoms with Crippen molar-refractivity contribution >= 4 is 11.6 Å². The zero-order valence-corrected chi connectivity index (χ0v) is 7.81. The van der Waals surface area contributed by atoms with E-state index in [2.05, 4.69) is 15.4 Å². The number of aromatic nitrogens is 5. The van der Waals surface area contributed by atoms with E-state index in [-0.39, 0.29) is 0 Å². The van der Waals surface area contributed by atoms with E-state index in [1.54, 1.807) is 15.6 Å². The number of alkyl halides is 1. The molecule has 2 aromatic rings. The summed E-state index contributed by atoms with van der Waals surface area (Å²) >= 11 is 5.59. The average Bonchev–Trinajstić information content (AvgIpc) is 2.71. The molecule has 0 bridgehead atoms. The summed E-state index contributed by atoms with van der Waals surface area (Å²) in [4.78, 5) is 0. The van der Waals surface area contributed by atoms with Crippen molar-refractivity contribution in [2.45, 2.75) is 5.88 Å². The van der Waals surface area contributed by atoms with Gasteiger partial charge in [-0.15, -0.1) is 16.7 Å². The van der Waals surface area contributed by atoms with Gasteiger partial charge in [0.1, 0.15) is 0 Å². The van der Waals surface area contributed by atoms with E-state index < -0.39 is 0 Å². The standard InChI is InChI=1S/C7H8ClN5/c1-12-3-2-7(10-12)13-5-6(4-8)9-11-13/h2-3,5H,4H2,1H3. The van der Waals surface area contributed by atoms with Gasteiger partial charge in [0.25, 0.3) is 0 Å². The quantitative estimate of drug-likeness (QED) is 0.668. The van der Waals surface area contributed by atoms with Gasteiger partial charge in [0, 0.05) is 19.3 Å². The molecular weight excluding hydrogens is 190 g/mol. The van der Waals surface area contributed by atoms with Crippen molar-refractivity contribution in [1.29, 1.82) is 0 Å². The van der Waals surface area contributed by atoms with E-state index >= 15 is 0 Å². The molecule has 0 spiro atoms. The van der Waals surface area contributed by atoms with Crippen LogP contribution in [-0.4, -0.2) is 24.8 Å². The third-order valence-corrected chi connectivity index (χ3v) is 1.89. The van der Waals surface area contributed by atoms with Crippen molar-refractivity contribution < 1.29 is 0 Å². The highest BCUT2D eigenvalue weighted by Crippen LogP contribution is 2.04. The van der Waals surface area contributed by atoms with E-state index in [0.29, 0.717) is 5.88 Å². The summed E-state index contributed by atoms with van der Waals surface area (Å²) < 4.78 is 3.30. The van der Waals surface area contributed by atoms with Gasteiger partial charge in [-0.3, -0.25) is 4.68 Å². The Hall–Kier alpha value is -1.36. The fourth-order valence-electron chi connectivity index (χ4n) is 0.997. The Morgan fingerprint density at radius 2 is 2.38 bits per heavy atom. The molecule has 0 aromatic carbocycles. The Balaban J connectivity index is 2.35. The second kappa shape index (κ2) is 3.18. The van der Waals surface area contributed by atoms with Crippen LogP contribution in [0.2, 0.25) is 0 Å². The lowest BCUT2D eigenvalue weighted by Gasteiger charge is -1.90. The van der Waals surface area contributed by atoms with Crippen LogP contribution in [-0.2, 0) is 12.9 Å². The topological polar surface area (TPSA) is 48.5 Å². The molecule has 0 saturated heterocycles. The first-order chi connectivity index (χ1) is 6.29. The lowest BCUT2D eigenvalue weighted by molar-refractivity contribution is 0.715. The summed E-state index contributed by atoms with van der Waals surface area (Å²) in [6.45, 7) is 0. The van der Waals surface area contributed by atoms with Gasteiger partial charge < -0.3 is 0 Å². The maximum Gasteiger partial charge on any atom is 0.176 e. The zero-order valence-electron chi connectivity index (χ0n) is 7.05. The van der Waals surface area contributed by atoms with Crippen molar-refractivity contribution in [3.8, 4) is 5.82 Å². The molecule has 6 heteroatoms. The van der Waals surface area contributed by atoms with Gasteiger partial charge in [0.2, 0.25) is 0 Å². The summed E-state index contributed by atoms with van der Waals surface area (Å²) in [5.41, 5.74) is 0.743. The first-order valence-corrected chi connectivity index (χ1v) is 4.30. The van der Waals surface area contributed by atoms with E-state index in [4.69, 9.17) is 11.6 Å². The largest absolute Gasteiger partial charge is 0.274 e. The maximum atomic E-state index is 5.59. The Labute approximate surface area is 79.9 Å².